The second-order valence-corrected chi connectivity index (χ2v) is 8.00. The van der Waals surface area contributed by atoms with Gasteiger partial charge in [-0.05, 0) is 24.8 Å². The molecule has 25 heavy (non-hydrogen) atoms. The lowest BCUT2D eigenvalue weighted by atomic mass is 9.64. The first-order chi connectivity index (χ1) is 11.9. The standard InChI is InChI=1S/C20H27NO4/c1-12-14(13-8-5-4-6-9-13)17-19(2,24)20(25-3)15(12)16(20)18(23)21(17)10-7-11-22/h4-6,8-9,12,14-17,22,24H,7,10-11H2,1-3H3/t12-,14+,15-,16+,17+,19-,20+/m0/s1. The highest BCUT2D eigenvalue weighted by atomic mass is 16.5. The Labute approximate surface area is 148 Å². The van der Waals surface area contributed by atoms with Gasteiger partial charge in [-0.15, -0.1) is 0 Å². The molecule has 2 bridgehead atoms. The van der Waals surface area contributed by atoms with Crippen LogP contribution in [-0.2, 0) is 9.53 Å². The van der Waals surface area contributed by atoms with Crippen LogP contribution in [0.4, 0.5) is 0 Å². The molecule has 1 aromatic carbocycles. The van der Waals surface area contributed by atoms with Gasteiger partial charge in [0.2, 0.25) is 5.91 Å². The summed E-state index contributed by atoms with van der Waals surface area (Å²) in [5.74, 6) is 0.106. The molecule has 3 fully saturated rings. The molecule has 0 unspecified atom stereocenters. The number of aliphatic hydroxyl groups is 2. The minimum absolute atomic E-state index is 0.0283. The lowest BCUT2D eigenvalue weighted by molar-refractivity contribution is -0.203. The molecule has 5 heteroatoms. The first kappa shape index (κ1) is 17.0. The van der Waals surface area contributed by atoms with Crippen molar-refractivity contribution >= 4 is 5.91 Å². The second kappa shape index (κ2) is 5.53. The van der Waals surface area contributed by atoms with E-state index in [9.17, 15) is 15.0 Å². The molecule has 4 rings (SSSR count). The molecule has 2 saturated carbocycles. The fraction of sp³-hybridized carbons (Fsp3) is 0.650. The molecule has 0 spiro atoms. The number of hydrogen-bond donors (Lipinski definition) is 2. The molecule has 136 valence electrons. The van der Waals surface area contributed by atoms with E-state index in [-0.39, 0.29) is 42.2 Å². The Balaban J connectivity index is 1.85. The van der Waals surface area contributed by atoms with Crippen LogP contribution in [0.15, 0.2) is 30.3 Å². The highest BCUT2D eigenvalue weighted by Gasteiger charge is 2.86. The Morgan fingerprint density at radius 2 is 1.96 bits per heavy atom. The van der Waals surface area contributed by atoms with Gasteiger partial charge >= 0.3 is 0 Å². The molecule has 1 aliphatic heterocycles. The molecular weight excluding hydrogens is 318 g/mol. The number of ether oxygens (including phenoxy) is 1. The number of piperidine rings is 1. The van der Waals surface area contributed by atoms with E-state index in [0.29, 0.717) is 13.0 Å². The summed E-state index contributed by atoms with van der Waals surface area (Å²) in [6.07, 6.45) is 0.519. The van der Waals surface area contributed by atoms with Crippen LogP contribution in [0.5, 0.6) is 0 Å². The summed E-state index contributed by atoms with van der Waals surface area (Å²) in [5.41, 5.74) is -0.734. The van der Waals surface area contributed by atoms with Crippen LogP contribution in [0.25, 0.3) is 0 Å². The van der Waals surface area contributed by atoms with E-state index in [4.69, 9.17) is 4.74 Å². The number of methoxy groups -OCH3 is 1. The normalized spacial score (nSPS) is 44.8. The second-order valence-electron chi connectivity index (χ2n) is 8.00. The molecule has 1 heterocycles. The summed E-state index contributed by atoms with van der Waals surface area (Å²) in [4.78, 5) is 15.0. The number of likely N-dealkylation sites (tertiary alicyclic amines) is 1. The van der Waals surface area contributed by atoms with Gasteiger partial charge in [0.1, 0.15) is 11.2 Å². The summed E-state index contributed by atoms with van der Waals surface area (Å²) >= 11 is 0. The third-order valence-corrected chi connectivity index (χ3v) is 7.01. The van der Waals surface area contributed by atoms with Crippen molar-refractivity contribution in [2.45, 2.75) is 43.4 Å². The summed E-state index contributed by atoms with van der Waals surface area (Å²) in [7, 11) is 1.62. The van der Waals surface area contributed by atoms with Crippen molar-refractivity contribution in [2.75, 3.05) is 20.3 Å². The van der Waals surface area contributed by atoms with E-state index in [0.717, 1.165) is 5.56 Å². The van der Waals surface area contributed by atoms with Crippen LogP contribution in [0, 0.1) is 17.8 Å². The Morgan fingerprint density at radius 1 is 1.28 bits per heavy atom. The van der Waals surface area contributed by atoms with Crippen LogP contribution in [-0.4, -0.2) is 58.5 Å². The molecule has 5 nitrogen and oxygen atoms in total. The monoisotopic (exact) mass is 345 g/mol. The van der Waals surface area contributed by atoms with Crippen molar-refractivity contribution in [3.63, 3.8) is 0 Å². The average molecular weight is 345 g/mol. The van der Waals surface area contributed by atoms with Gasteiger partial charge in [-0.3, -0.25) is 4.79 Å². The zero-order valence-electron chi connectivity index (χ0n) is 15.1. The number of hydrogen-bond acceptors (Lipinski definition) is 4. The van der Waals surface area contributed by atoms with Crippen molar-refractivity contribution < 1.29 is 19.7 Å². The quantitative estimate of drug-likeness (QED) is 0.846. The van der Waals surface area contributed by atoms with Crippen LogP contribution in [0.1, 0.15) is 31.7 Å². The number of fused-ring (bicyclic) bond motifs is 2. The van der Waals surface area contributed by atoms with Gasteiger partial charge in [0.25, 0.3) is 0 Å². The number of carbonyl (C=O) groups is 1. The molecule has 1 amide bonds. The number of benzene rings is 1. The topological polar surface area (TPSA) is 70.0 Å². The van der Waals surface area contributed by atoms with E-state index in [1.165, 1.54) is 0 Å². The Morgan fingerprint density at radius 3 is 2.56 bits per heavy atom. The van der Waals surface area contributed by atoms with E-state index in [1.807, 2.05) is 30.0 Å². The van der Waals surface area contributed by atoms with Crippen molar-refractivity contribution in [3.8, 4) is 0 Å². The maximum atomic E-state index is 13.2. The fourth-order valence-electron chi connectivity index (χ4n) is 6.10. The smallest absolute Gasteiger partial charge is 0.229 e. The zero-order valence-corrected chi connectivity index (χ0v) is 15.1. The third kappa shape index (κ3) is 1.92. The number of nitrogens with zero attached hydrogens (tertiary/aromatic N) is 1. The molecular formula is C20H27NO4. The maximum absolute atomic E-state index is 13.2. The Hall–Kier alpha value is -1.43. The fourth-order valence-corrected chi connectivity index (χ4v) is 6.10. The van der Waals surface area contributed by atoms with Crippen molar-refractivity contribution in [3.05, 3.63) is 35.9 Å². The first-order valence-electron chi connectivity index (χ1n) is 9.17. The number of rotatable bonds is 5. The van der Waals surface area contributed by atoms with Gasteiger partial charge in [-0.1, -0.05) is 37.3 Å². The maximum Gasteiger partial charge on any atom is 0.229 e. The van der Waals surface area contributed by atoms with E-state index in [1.54, 1.807) is 7.11 Å². The highest BCUT2D eigenvalue weighted by molar-refractivity contribution is 5.88. The molecule has 0 radical (unpaired) electrons. The van der Waals surface area contributed by atoms with Crippen LogP contribution in [0.2, 0.25) is 0 Å². The molecule has 7 atom stereocenters. The van der Waals surface area contributed by atoms with E-state index in [2.05, 4.69) is 19.1 Å². The molecule has 2 N–H and O–H groups in total. The van der Waals surface area contributed by atoms with Gasteiger partial charge in [0.05, 0.1) is 12.0 Å². The minimum atomic E-state index is -1.12. The zero-order chi connectivity index (χ0) is 18.0. The molecule has 3 aliphatic rings. The molecule has 1 aromatic rings. The summed E-state index contributed by atoms with van der Waals surface area (Å²) in [6, 6.07) is 9.82. The van der Waals surface area contributed by atoms with Gasteiger partial charge in [0, 0.05) is 32.1 Å². The SMILES string of the molecule is CO[C@]12[C@H]3[C@@H](C)[C@H](c4ccccc4)[C@@H](N(CCCO)C(=O)[C@@H]31)[C@]2(C)O. The number of carbonyl (C=O) groups excluding carboxylic acids is 1. The first-order valence-corrected chi connectivity index (χ1v) is 9.17. The summed E-state index contributed by atoms with van der Waals surface area (Å²) < 4.78 is 5.83. The lowest BCUT2D eigenvalue weighted by Gasteiger charge is -2.55. The van der Waals surface area contributed by atoms with Crippen molar-refractivity contribution in [1.29, 1.82) is 0 Å². The van der Waals surface area contributed by atoms with Crippen LogP contribution in [0.3, 0.4) is 0 Å². The summed E-state index contributed by atoms with van der Waals surface area (Å²) in [5, 5.41) is 20.8. The molecule has 0 aromatic heterocycles. The molecule has 1 saturated heterocycles. The van der Waals surface area contributed by atoms with E-state index < -0.39 is 11.2 Å². The number of aliphatic hydroxyl groups excluding tert-OH is 1. The van der Waals surface area contributed by atoms with Gasteiger partial charge in [0.15, 0.2) is 0 Å². The average Bonchev–Trinajstić information content (AvgIpc) is 3.33. The summed E-state index contributed by atoms with van der Waals surface area (Å²) in [6.45, 7) is 4.51. The van der Waals surface area contributed by atoms with Gasteiger partial charge < -0.3 is 19.8 Å². The highest BCUT2D eigenvalue weighted by Crippen LogP contribution is 2.73. The van der Waals surface area contributed by atoms with Crippen molar-refractivity contribution in [1.82, 2.24) is 4.90 Å². The predicted octanol–water partition coefficient (Wildman–Crippen LogP) is 1.40. The predicted molar refractivity (Wildman–Crippen MR) is 92.9 cm³/mol. The Bertz CT molecular complexity index is 676. The van der Waals surface area contributed by atoms with Crippen LogP contribution < -0.4 is 0 Å². The minimum Gasteiger partial charge on any atom is -0.396 e. The number of amides is 1. The van der Waals surface area contributed by atoms with Gasteiger partial charge in [-0.2, -0.15) is 0 Å². The van der Waals surface area contributed by atoms with E-state index >= 15 is 0 Å². The largest absolute Gasteiger partial charge is 0.396 e. The Kier molecular flexibility index (Phi) is 3.76. The van der Waals surface area contributed by atoms with Gasteiger partial charge in [-0.25, -0.2) is 0 Å². The molecule has 2 aliphatic carbocycles. The lowest BCUT2D eigenvalue weighted by Crippen LogP contribution is -2.70. The van der Waals surface area contributed by atoms with Crippen LogP contribution >= 0.6 is 0 Å². The van der Waals surface area contributed by atoms with Crippen molar-refractivity contribution in [2.24, 2.45) is 17.8 Å². The third-order valence-electron chi connectivity index (χ3n) is 7.01.